The summed E-state index contributed by atoms with van der Waals surface area (Å²) in [7, 11) is -2.57. The van der Waals surface area contributed by atoms with Crippen LogP contribution in [0.15, 0.2) is 21.5 Å². The van der Waals surface area contributed by atoms with Gasteiger partial charge in [-0.3, -0.25) is 0 Å². The number of halogens is 2. The van der Waals surface area contributed by atoms with Gasteiger partial charge < -0.3 is 14.9 Å². The Hall–Kier alpha value is -0.380. The lowest BCUT2D eigenvalue weighted by Gasteiger charge is -2.18. The van der Waals surface area contributed by atoms with E-state index in [-0.39, 0.29) is 28.8 Å². The Morgan fingerprint density at radius 1 is 1.35 bits per heavy atom. The van der Waals surface area contributed by atoms with Gasteiger partial charge in [-0.2, -0.15) is 4.31 Å². The van der Waals surface area contributed by atoms with Crippen LogP contribution in [0.1, 0.15) is 0 Å². The number of ether oxygens (including phenoxy) is 1. The summed E-state index contributed by atoms with van der Waals surface area (Å²) in [6.07, 6.45) is -2.20. The van der Waals surface area contributed by atoms with E-state index in [1.54, 1.807) is 0 Å². The number of aliphatic hydroxyl groups is 2. The number of aliphatic hydroxyl groups excluding tert-OH is 2. The van der Waals surface area contributed by atoms with Crippen molar-refractivity contribution in [3.05, 3.63) is 21.6 Å². The van der Waals surface area contributed by atoms with Crippen molar-refractivity contribution < 1.29 is 23.4 Å². The van der Waals surface area contributed by atoms with Gasteiger partial charge in [-0.15, -0.1) is 0 Å². The van der Waals surface area contributed by atoms with E-state index in [0.717, 1.165) is 4.31 Å². The lowest BCUT2D eigenvalue weighted by molar-refractivity contribution is 0.0572. The molecule has 1 heterocycles. The molecular formula is C11H13BrClNO5S. The van der Waals surface area contributed by atoms with Gasteiger partial charge in [0.25, 0.3) is 0 Å². The Balaban J connectivity index is 2.50. The standard InChI is InChI=1S/C11H13BrClNO5S/c1-19-11-7(12)2-6(13)3-10(11)20(17,18)14-4-8(15)9(16)5-14/h2-3,8-9,15-16H,4-5H2,1H3. The molecule has 0 aromatic heterocycles. The van der Waals surface area contributed by atoms with Gasteiger partial charge in [0.1, 0.15) is 4.90 Å². The zero-order chi connectivity index (χ0) is 15.1. The number of nitrogens with zero attached hydrogens (tertiary/aromatic N) is 1. The molecule has 1 aromatic rings. The Morgan fingerprint density at radius 2 is 1.90 bits per heavy atom. The van der Waals surface area contributed by atoms with E-state index in [0.29, 0.717) is 4.47 Å². The summed E-state index contributed by atoms with van der Waals surface area (Å²) in [5, 5.41) is 19.2. The van der Waals surface area contributed by atoms with Crippen molar-refractivity contribution in [1.82, 2.24) is 4.31 Å². The van der Waals surface area contributed by atoms with Crippen LogP contribution in [0.4, 0.5) is 0 Å². The molecule has 0 amide bonds. The van der Waals surface area contributed by atoms with Crippen molar-refractivity contribution in [3.8, 4) is 5.75 Å². The number of β-amino-alcohol motifs (C(OH)–C–C–N with tert-alkyl or cyclic N) is 2. The third-order valence-corrected chi connectivity index (χ3v) is 5.67. The number of benzene rings is 1. The molecule has 2 atom stereocenters. The van der Waals surface area contributed by atoms with Crippen LogP contribution in [0.25, 0.3) is 0 Å². The van der Waals surface area contributed by atoms with Gasteiger partial charge in [-0.1, -0.05) is 11.6 Å². The van der Waals surface area contributed by atoms with Gasteiger partial charge in [0.05, 0.1) is 23.8 Å². The van der Waals surface area contributed by atoms with E-state index in [4.69, 9.17) is 16.3 Å². The first-order valence-corrected chi connectivity index (χ1v) is 8.27. The first kappa shape index (κ1) is 16.0. The van der Waals surface area contributed by atoms with Gasteiger partial charge in [-0.05, 0) is 28.1 Å². The van der Waals surface area contributed by atoms with Crippen molar-refractivity contribution in [1.29, 1.82) is 0 Å². The van der Waals surface area contributed by atoms with Crippen LogP contribution in [0.3, 0.4) is 0 Å². The van der Waals surface area contributed by atoms with Gasteiger partial charge >= 0.3 is 0 Å². The van der Waals surface area contributed by atoms with Crippen molar-refractivity contribution in [2.45, 2.75) is 17.1 Å². The Morgan fingerprint density at radius 3 is 2.40 bits per heavy atom. The first-order valence-electron chi connectivity index (χ1n) is 5.66. The Bertz CT molecular complexity index is 613. The molecule has 0 bridgehead atoms. The molecule has 9 heteroatoms. The molecular weight excluding hydrogens is 374 g/mol. The van der Waals surface area contributed by atoms with E-state index in [9.17, 15) is 18.6 Å². The molecule has 1 aliphatic heterocycles. The molecule has 0 radical (unpaired) electrons. The number of rotatable bonds is 3. The van der Waals surface area contributed by atoms with Gasteiger partial charge in [-0.25, -0.2) is 8.42 Å². The fourth-order valence-electron chi connectivity index (χ4n) is 2.00. The topological polar surface area (TPSA) is 87.1 Å². The van der Waals surface area contributed by atoms with E-state index in [1.165, 1.54) is 19.2 Å². The van der Waals surface area contributed by atoms with Gasteiger partial charge in [0.15, 0.2) is 5.75 Å². The third-order valence-electron chi connectivity index (χ3n) is 3.02. The second kappa shape index (κ2) is 5.78. The maximum absolute atomic E-state index is 12.6. The molecule has 1 aromatic carbocycles. The number of hydrogen-bond donors (Lipinski definition) is 2. The predicted molar refractivity (Wildman–Crippen MR) is 76.5 cm³/mol. The number of sulfonamides is 1. The van der Waals surface area contributed by atoms with Crippen LogP contribution < -0.4 is 4.74 Å². The molecule has 6 nitrogen and oxygen atoms in total. The van der Waals surface area contributed by atoms with E-state index >= 15 is 0 Å². The van der Waals surface area contributed by atoms with Crippen LogP contribution in [-0.4, -0.2) is 55.3 Å². The smallest absolute Gasteiger partial charge is 0.247 e. The highest BCUT2D eigenvalue weighted by molar-refractivity contribution is 9.10. The molecule has 112 valence electrons. The SMILES string of the molecule is COc1c(Br)cc(Cl)cc1S(=O)(=O)N1CC(O)C(O)C1. The van der Waals surface area contributed by atoms with Gasteiger partial charge in [0, 0.05) is 18.1 Å². The van der Waals surface area contributed by atoms with E-state index < -0.39 is 22.2 Å². The predicted octanol–water partition coefficient (Wildman–Crippen LogP) is 0.837. The molecule has 1 saturated heterocycles. The van der Waals surface area contributed by atoms with E-state index in [2.05, 4.69) is 15.9 Å². The first-order chi connectivity index (χ1) is 9.27. The second-order valence-corrected chi connectivity index (χ2v) is 7.57. The van der Waals surface area contributed by atoms with Crippen molar-refractivity contribution in [3.63, 3.8) is 0 Å². The Labute approximate surface area is 130 Å². The van der Waals surface area contributed by atoms with Crippen LogP contribution >= 0.6 is 27.5 Å². The summed E-state index contributed by atoms with van der Waals surface area (Å²) in [6, 6.07) is 2.80. The minimum atomic E-state index is -3.92. The van der Waals surface area contributed by atoms with Crippen LogP contribution in [-0.2, 0) is 10.0 Å². The molecule has 20 heavy (non-hydrogen) atoms. The lowest BCUT2D eigenvalue weighted by atomic mass is 10.3. The molecule has 0 spiro atoms. The average molecular weight is 387 g/mol. The largest absolute Gasteiger partial charge is 0.494 e. The zero-order valence-corrected chi connectivity index (χ0v) is 13.6. The molecule has 1 fully saturated rings. The third kappa shape index (κ3) is 2.81. The minimum absolute atomic E-state index is 0.110. The second-order valence-electron chi connectivity index (χ2n) is 4.38. The highest BCUT2D eigenvalue weighted by Crippen LogP contribution is 2.37. The van der Waals surface area contributed by atoms with Gasteiger partial charge in [0.2, 0.25) is 10.0 Å². The highest BCUT2D eigenvalue weighted by atomic mass is 79.9. The fourth-order valence-corrected chi connectivity index (χ4v) is 4.84. The Kier molecular flexibility index (Phi) is 4.63. The maximum atomic E-state index is 12.6. The molecule has 2 N–H and O–H groups in total. The summed E-state index contributed by atoms with van der Waals surface area (Å²) in [5.41, 5.74) is 0. The number of hydrogen-bond acceptors (Lipinski definition) is 5. The fraction of sp³-hybridized carbons (Fsp3) is 0.455. The quantitative estimate of drug-likeness (QED) is 0.804. The molecule has 2 unspecified atom stereocenters. The minimum Gasteiger partial charge on any atom is -0.494 e. The summed E-state index contributed by atoms with van der Waals surface area (Å²) in [4.78, 5) is -0.110. The maximum Gasteiger partial charge on any atom is 0.247 e. The summed E-state index contributed by atoms with van der Waals surface area (Å²) < 4.78 is 31.6. The van der Waals surface area contributed by atoms with Crippen LogP contribution in [0, 0.1) is 0 Å². The highest BCUT2D eigenvalue weighted by Gasteiger charge is 2.39. The normalized spacial score (nSPS) is 24.1. The summed E-state index contributed by atoms with van der Waals surface area (Å²) >= 11 is 9.07. The van der Waals surface area contributed by atoms with E-state index in [1.807, 2.05) is 0 Å². The van der Waals surface area contributed by atoms with Crippen molar-refractivity contribution >= 4 is 37.6 Å². The molecule has 0 saturated carbocycles. The summed E-state index contributed by atoms with van der Waals surface area (Å²) in [6.45, 7) is -0.340. The van der Waals surface area contributed by atoms with Crippen LogP contribution in [0.2, 0.25) is 5.02 Å². The van der Waals surface area contributed by atoms with Crippen LogP contribution in [0.5, 0.6) is 5.75 Å². The average Bonchev–Trinajstić information content (AvgIpc) is 2.69. The molecule has 0 aliphatic carbocycles. The van der Waals surface area contributed by atoms with Crippen molar-refractivity contribution in [2.75, 3.05) is 20.2 Å². The lowest BCUT2D eigenvalue weighted by Crippen LogP contribution is -2.30. The zero-order valence-electron chi connectivity index (χ0n) is 10.5. The van der Waals surface area contributed by atoms with Crippen molar-refractivity contribution in [2.24, 2.45) is 0 Å². The molecule has 1 aliphatic rings. The summed E-state index contributed by atoms with van der Waals surface area (Å²) in [5.74, 6) is 0.130. The monoisotopic (exact) mass is 385 g/mol. The molecule has 2 rings (SSSR count). The number of methoxy groups -OCH3 is 1.